The lowest BCUT2D eigenvalue weighted by atomic mass is 10.4. The minimum atomic E-state index is -1.65. The van der Waals surface area contributed by atoms with E-state index >= 15 is 0 Å². The second-order valence-corrected chi connectivity index (χ2v) is 15.0. The average molecular weight is 279 g/mol. The fourth-order valence-corrected chi connectivity index (χ4v) is 3.18. The molecule has 0 unspecified atom stereocenters. The summed E-state index contributed by atoms with van der Waals surface area (Å²) in [6, 6.07) is 0. The second-order valence-electron chi connectivity index (χ2n) is 5.72. The molecule has 0 aromatic heterocycles. The second kappa shape index (κ2) is 5.42. The Bertz CT molecular complexity index is 298. The van der Waals surface area contributed by atoms with Gasteiger partial charge in [-0.3, -0.25) is 0 Å². The predicted molar refractivity (Wildman–Crippen MR) is 76.6 cm³/mol. The van der Waals surface area contributed by atoms with E-state index in [-0.39, 0.29) is 0 Å². The SMILES string of the molecule is C=C(O[Si](C)(C)C)/C(Cl)=C(/C)O[Si](C)(C)C. The highest BCUT2D eigenvalue weighted by Gasteiger charge is 2.21. The van der Waals surface area contributed by atoms with Crippen molar-refractivity contribution < 1.29 is 8.85 Å². The van der Waals surface area contributed by atoms with Crippen molar-refractivity contribution in [3.8, 4) is 0 Å². The average Bonchev–Trinajstić information content (AvgIpc) is 1.96. The molecule has 16 heavy (non-hydrogen) atoms. The van der Waals surface area contributed by atoms with Gasteiger partial charge in [0.15, 0.2) is 0 Å². The first kappa shape index (κ1) is 15.8. The molecule has 0 bridgehead atoms. The van der Waals surface area contributed by atoms with Crippen LogP contribution in [0.1, 0.15) is 6.92 Å². The molecule has 0 spiro atoms. The van der Waals surface area contributed by atoms with Gasteiger partial charge in [0.1, 0.15) is 10.8 Å². The zero-order chi connectivity index (χ0) is 13.1. The Morgan fingerprint density at radius 1 is 0.938 bits per heavy atom. The number of allylic oxidation sites excluding steroid dienone is 2. The standard InChI is InChI=1S/C11H23ClO2Si2/c1-9(13-15(3,4)5)11(12)10(2)14-16(6,7)8/h1H2,2-8H3/b11-10+. The Kier molecular flexibility index (Phi) is 5.36. The summed E-state index contributed by atoms with van der Waals surface area (Å²) >= 11 is 6.17. The molecule has 0 aliphatic carbocycles. The van der Waals surface area contributed by atoms with Gasteiger partial charge in [-0.2, -0.15) is 0 Å². The summed E-state index contributed by atoms with van der Waals surface area (Å²) < 4.78 is 11.5. The van der Waals surface area contributed by atoms with Gasteiger partial charge in [0.25, 0.3) is 0 Å². The maximum atomic E-state index is 6.17. The topological polar surface area (TPSA) is 18.5 Å². The zero-order valence-corrected chi connectivity index (χ0v) is 14.2. The number of hydrogen-bond acceptors (Lipinski definition) is 2. The van der Waals surface area contributed by atoms with Crippen LogP contribution in [0.15, 0.2) is 23.1 Å². The van der Waals surface area contributed by atoms with Crippen LogP contribution in [0.25, 0.3) is 0 Å². The van der Waals surface area contributed by atoms with Crippen molar-refractivity contribution in [1.29, 1.82) is 0 Å². The van der Waals surface area contributed by atoms with Crippen molar-refractivity contribution in [3.63, 3.8) is 0 Å². The van der Waals surface area contributed by atoms with Crippen LogP contribution in [-0.4, -0.2) is 16.6 Å². The Morgan fingerprint density at radius 2 is 1.31 bits per heavy atom. The molecule has 0 fully saturated rings. The number of rotatable bonds is 5. The largest absolute Gasteiger partial charge is 0.546 e. The van der Waals surface area contributed by atoms with Crippen LogP contribution in [0.3, 0.4) is 0 Å². The van der Waals surface area contributed by atoms with E-state index < -0.39 is 16.6 Å². The first-order valence-electron chi connectivity index (χ1n) is 5.36. The van der Waals surface area contributed by atoms with Gasteiger partial charge >= 0.3 is 0 Å². The van der Waals surface area contributed by atoms with Gasteiger partial charge in [-0.25, -0.2) is 0 Å². The zero-order valence-electron chi connectivity index (χ0n) is 11.4. The maximum Gasteiger partial charge on any atom is 0.242 e. The molecule has 0 saturated heterocycles. The lowest BCUT2D eigenvalue weighted by Crippen LogP contribution is -2.26. The van der Waals surface area contributed by atoms with Crippen molar-refractivity contribution in [3.05, 3.63) is 23.1 Å². The fraction of sp³-hybridized carbons (Fsp3) is 0.636. The summed E-state index contributed by atoms with van der Waals surface area (Å²) in [4.78, 5) is 0. The van der Waals surface area contributed by atoms with Crippen LogP contribution >= 0.6 is 11.6 Å². The highest BCUT2D eigenvalue weighted by molar-refractivity contribution is 6.70. The van der Waals surface area contributed by atoms with Crippen LogP contribution in [0.4, 0.5) is 0 Å². The van der Waals surface area contributed by atoms with E-state index in [1.807, 2.05) is 6.92 Å². The van der Waals surface area contributed by atoms with E-state index in [1.54, 1.807) is 0 Å². The quantitative estimate of drug-likeness (QED) is 0.413. The van der Waals surface area contributed by atoms with E-state index in [9.17, 15) is 0 Å². The lowest BCUT2D eigenvalue weighted by molar-refractivity contribution is 0.402. The molecule has 0 aliphatic rings. The normalized spacial score (nSPS) is 14.2. The van der Waals surface area contributed by atoms with Crippen LogP contribution in [-0.2, 0) is 8.85 Å². The van der Waals surface area contributed by atoms with Crippen LogP contribution in [0, 0.1) is 0 Å². The lowest BCUT2D eigenvalue weighted by Gasteiger charge is -2.24. The molecule has 94 valence electrons. The van der Waals surface area contributed by atoms with Gasteiger partial charge in [-0.05, 0) is 46.2 Å². The highest BCUT2D eigenvalue weighted by Crippen LogP contribution is 2.25. The van der Waals surface area contributed by atoms with Crippen LogP contribution < -0.4 is 0 Å². The highest BCUT2D eigenvalue weighted by atomic mass is 35.5. The summed E-state index contributed by atoms with van der Waals surface area (Å²) in [6.45, 7) is 18.3. The Hall–Kier alpha value is -0.196. The Balaban J connectivity index is 4.70. The van der Waals surface area contributed by atoms with Gasteiger partial charge in [0, 0.05) is 0 Å². The molecule has 0 aromatic carbocycles. The van der Waals surface area contributed by atoms with E-state index in [4.69, 9.17) is 20.5 Å². The van der Waals surface area contributed by atoms with E-state index in [0.29, 0.717) is 16.6 Å². The van der Waals surface area contributed by atoms with E-state index in [0.717, 1.165) is 0 Å². The fourth-order valence-electron chi connectivity index (χ4n) is 1.11. The molecule has 0 aromatic rings. The first-order valence-corrected chi connectivity index (χ1v) is 12.6. The van der Waals surface area contributed by atoms with Crippen molar-refractivity contribution in [2.24, 2.45) is 0 Å². The Morgan fingerprint density at radius 3 is 1.62 bits per heavy atom. The molecule has 0 aliphatic heterocycles. The maximum absolute atomic E-state index is 6.17. The molecule has 0 heterocycles. The summed E-state index contributed by atoms with van der Waals surface area (Å²) in [5, 5.41) is 0.504. The van der Waals surface area contributed by atoms with Crippen molar-refractivity contribution in [2.45, 2.75) is 46.2 Å². The molecule has 0 radical (unpaired) electrons. The van der Waals surface area contributed by atoms with E-state index in [1.165, 1.54) is 0 Å². The molecule has 0 amide bonds. The molecular weight excluding hydrogens is 256 g/mol. The minimum Gasteiger partial charge on any atom is -0.546 e. The van der Waals surface area contributed by atoms with Gasteiger partial charge < -0.3 is 8.85 Å². The number of halogens is 1. The van der Waals surface area contributed by atoms with Crippen molar-refractivity contribution >= 4 is 28.2 Å². The summed E-state index contributed by atoms with van der Waals surface area (Å²) in [7, 11) is -3.27. The monoisotopic (exact) mass is 278 g/mol. The summed E-state index contributed by atoms with van der Waals surface area (Å²) in [5.41, 5.74) is 0. The summed E-state index contributed by atoms with van der Waals surface area (Å²) in [6.07, 6.45) is 0. The third-order valence-corrected chi connectivity index (χ3v) is 3.70. The first-order chi connectivity index (χ1) is 6.92. The smallest absolute Gasteiger partial charge is 0.242 e. The van der Waals surface area contributed by atoms with Gasteiger partial charge in [0.05, 0.1) is 5.76 Å². The van der Waals surface area contributed by atoms with Crippen molar-refractivity contribution in [2.75, 3.05) is 0 Å². The molecule has 2 nitrogen and oxygen atoms in total. The van der Waals surface area contributed by atoms with Crippen LogP contribution in [0.2, 0.25) is 39.3 Å². The third-order valence-electron chi connectivity index (χ3n) is 1.44. The summed E-state index contributed by atoms with van der Waals surface area (Å²) in [5.74, 6) is 1.24. The molecule has 5 heteroatoms. The Labute approximate surface area is 107 Å². The van der Waals surface area contributed by atoms with Gasteiger partial charge in [0.2, 0.25) is 16.6 Å². The molecule has 0 saturated carbocycles. The molecular formula is C11H23ClO2Si2. The third kappa shape index (κ3) is 7.14. The predicted octanol–water partition coefficient (Wildman–Crippen LogP) is 4.67. The van der Waals surface area contributed by atoms with Crippen LogP contribution in [0.5, 0.6) is 0 Å². The minimum absolute atomic E-state index is 0.504. The van der Waals surface area contributed by atoms with Gasteiger partial charge in [-0.15, -0.1) is 0 Å². The van der Waals surface area contributed by atoms with Crippen molar-refractivity contribution in [1.82, 2.24) is 0 Å². The van der Waals surface area contributed by atoms with Gasteiger partial charge in [-0.1, -0.05) is 18.2 Å². The molecule has 0 N–H and O–H groups in total. The number of hydrogen-bond donors (Lipinski definition) is 0. The molecule has 0 atom stereocenters. The molecule has 0 rings (SSSR count). The van der Waals surface area contributed by atoms with E-state index in [2.05, 4.69) is 45.9 Å².